The van der Waals surface area contributed by atoms with Crippen LogP contribution in [-0.2, 0) is 0 Å². The summed E-state index contributed by atoms with van der Waals surface area (Å²) in [6.45, 7) is 5.67. The number of hydrogen-bond donors (Lipinski definition) is 1. The lowest BCUT2D eigenvalue weighted by Crippen LogP contribution is -2.12. The van der Waals surface area contributed by atoms with E-state index in [-0.39, 0.29) is 6.04 Å². The van der Waals surface area contributed by atoms with Crippen molar-refractivity contribution in [2.24, 2.45) is 5.73 Å². The number of aryl methyl sites for hydroxylation is 1. The average molecular weight is 162 g/mol. The van der Waals surface area contributed by atoms with E-state index >= 15 is 0 Å². The van der Waals surface area contributed by atoms with Crippen LogP contribution in [0, 0.1) is 6.92 Å². The summed E-state index contributed by atoms with van der Waals surface area (Å²) >= 11 is 0. The van der Waals surface area contributed by atoms with Crippen molar-refractivity contribution in [3.63, 3.8) is 0 Å². The predicted octanol–water partition coefficient (Wildman–Crippen LogP) is 1.97. The molecule has 0 amide bonds. The first-order valence-electron chi connectivity index (χ1n) is 4.03. The van der Waals surface area contributed by atoms with Crippen LogP contribution in [0.5, 0.6) is 0 Å². The summed E-state index contributed by atoms with van der Waals surface area (Å²) in [6, 6.07) is 3.92. The van der Waals surface area contributed by atoms with Gasteiger partial charge in [-0.3, -0.25) is 4.98 Å². The van der Waals surface area contributed by atoms with Gasteiger partial charge in [-0.25, -0.2) is 0 Å². The Morgan fingerprint density at radius 2 is 2.50 bits per heavy atom. The Morgan fingerprint density at radius 3 is 3.08 bits per heavy atom. The van der Waals surface area contributed by atoms with Crippen LogP contribution in [0.15, 0.2) is 31.0 Å². The normalized spacial score (nSPS) is 12.5. The fraction of sp³-hybridized carbons (Fsp3) is 0.300. The smallest absolute Gasteiger partial charge is 0.0603 e. The van der Waals surface area contributed by atoms with Gasteiger partial charge in [0.1, 0.15) is 0 Å². The molecule has 2 heteroatoms. The third-order valence-electron chi connectivity index (χ3n) is 1.82. The highest BCUT2D eigenvalue weighted by Gasteiger charge is 2.06. The molecule has 0 fully saturated rings. The highest BCUT2D eigenvalue weighted by molar-refractivity contribution is 5.21. The largest absolute Gasteiger partial charge is 0.322 e. The first kappa shape index (κ1) is 8.94. The van der Waals surface area contributed by atoms with Crippen molar-refractivity contribution in [2.75, 3.05) is 0 Å². The predicted molar refractivity (Wildman–Crippen MR) is 50.7 cm³/mol. The van der Waals surface area contributed by atoms with E-state index in [1.807, 2.05) is 25.1 Å². The number of nitrogens with zero attached hydrogens (tertiary/aromatic N) is 1. The van der Waals surface area contributed by atoms with E-state index in [4.69, 9.17) is 5.73 Å². The Balaban J connectivity index is 2.86. The van der Waals surface area contributed by atoms with Crippen molar-refractivity contribution < 1.29 is 0 Å². The Hall–Kier alpha value is -1.15. The first-order chi connectivity index (χ1) is 5.75. The van der Waals surface area contributed by atoms with E-state index in [1.54, 1.807) is 6.20 Å². The van der Waals surface area contributed by atoms with Crippen molar-refractivity contribution in [3.05, 3.63) is 42.2 Å². The minimum atomic E-state index is -0.0105. The van der Waals surface area contributed by atoms with Crippen molar-refractivity contribution in [2.45, 2.75) is 19.4 Å². The number of hydrogen-bond acceptors (Lipinski definition) is 2. The molecule has 0 bridgehead atoms. The SMILES string of the molecule is C=CC[C@H](N)c1ncccc1C. The molecule has 0 aliphatic heterocycles. The minimum absolute atomic E-state index is 0.0105. The lowest BCUT2D eigenvalue weighted by atomic mass is 10.1. The van der Waals surface area contributed by atoms with Crippen LogP contribution in [0.3, 0.4) is 0 Å². The van der Waals surface area contributed by atoms with Gasteiger partial charge in [-0.1, -0.05) is 12.1 Å². The van der Waals surface area contributed by atoms with Crippen LogP contribution in [-0.4, -0.2) is 4.98 Å². The third kappa shape index (κ3) is 1.92. The van der Waals surface area contributed by atoms with Gasteiger partial charge in [0.05, 0.1) is 11.7 Å². The lowest BCUT2D eigenvalue weighted by molar-refractivity contribution is 0.707. The van der Waals surface area contributed by atoms with E-state index in [0.717, 1.165) is 17.7 Å². The number of nitrogens with two attached hydrogens (primary N) is 1. The summed E-state index contributed by atoms with van der Waals surface area (Å²) in [6.07, 6.45) is 4.36. The zero-order valence-corrected chi connectivity index (χ0v) is 7.33. The average Bonchev–Trinajstić information content (AvgIpc) is 2.05. The molecule has 0 aliphatic rings. The third-order valence-corrected chi connectivity index (χ3v) is 1.82. The quantitative estimate of drug-likeness (QED) is 0.690. The Labute approximate surface area is 73.1 Å². The van der Waals surface area contributed by atoms with Gasteiger partial charge in [-0.05, 0) is 25.0 Å². The zero-order valence-electron chi connectivity index (χ0n) is 7.33. The maximum Gasteiger partial charge on any atom is 0.0603 e. The topological polar surface area (TPSA) is 38.9 Å². The van der Waals surface area contributed by atoms with Crippen molar-refractivity contribution in [3.8, 4) is 0 Å². The van der Waals surface area contributed by atoms with Gasteiger partial charge in [-0.15, -0.1) is 6.58 Å². The van der Waals surface area contributed by atoms with Crippen LogP contribution in [0.25, 0.3) is 0 Å². The van der Waals surface area contributed by atoms with E-state index in [9.17, 15) is 0 Å². The van der Waals surface area contributed by atoms with Gasteiger partial charge < -0.3 is 5.73 Å². The van der Waals surface area contributed by atoms with Gasteiger partial charge in [0.25, 0.3) is 0 Å². The molecule has 0 aliphatic carbocycles. The van der Waals surface area contributed by atoms with Gasteiger partial charge >= 0.3 is 0 Å². The molecule has 1 heterocycles. The molecular weight excluding hydrogens is 148 g/mol. The van der Waals surface area contributed by atoms with E-state index in [2.05, 4.69) is 11.6 Å². The summed E-state index contributed by atoms with van der Waals surface area (Å²) in [4.78, 5) is 4.22. The second kappa shape index (κ2) is 4.02. The molecule has 0 unspecified atom stereocenters. The molecule has 0 saturated heterocycles. The highest BCUT2D eigenvalue weighted by atomic mass is 14.8. The number of pyridine rings is 1. The minimum Gasteiger partial charge on any atom is -0.322 e. The maximum atomic E-state index is 5.87. The summed E-state index contributed by atoms with van der Waals surface area (Å²) in [7, 11) is 0. The summed E-state index contributed by atoms with van der Waals surface area (Å²) in [5.41, 5.74) is 7.99. The van der Waals surface area contributed by atoms with Gasteiger partial charge in [-0.2, -0.15) is 0 Å². The van der Waals surface area contributed by atoms with Gasteiger partial charge in [0, 0.05) is 6.20 Å². The zero-order chi connectivity index (χ0) is 8.97. The molecule has 0 spiro atoms. The molecule has 2 nitrogen and oxygen atoms in total. The van der Waals surface area contributed by atoms with Crippen LogP contribution >= 0.6 is 0 Å². The second-order valence-electron chi connectivity index (χ2n) is 2.84. The number of rotatable bonds is 3. The van der Waals surface area contributed by atoms with Gasteiger partial charge in [0.15, 0.2) is 0 Å². The van der Waals surface area contributed by atoms with Crippen LogP contribution in [0.2, 0.25) is 0 Å². The highest BCUT2D eigenvalue weighted by Crippen LogP contribution is 2.14. The van der Waals surface area contributed by atoms with Crippen molar-refractivity contribution >= 4 is 0 Å². The summed E-state index contributed by atoms with van der Waals surface area (Å²) < 4.78 is 0. The molecule has 0 aromatic carbocycles. The Bertz CT molecular complexity index is 268. The molecule has 1 atom stereocenters. The fourth-order valence-electron chi connectivity index (χ4n) is 1.18. The molecule has 12 heavy (non-hydrogen) atoms. The molecule has 1 aromatic rings. The Kier molecular flexibility index (Phi) is 3.00. The first-order valence-corrected chi connectivity index (χ1v) is 4.03. The molecule has 1 aromatic heterocycles. The molecule has 64 valence electrons. The van der Waals surface area contributed by atoms with Crippen LogP contribution < -0.4 is 5.73 Å². The van der Waals surface area contributed by atoms with Crippen LogP contribution in [0.1, 0.15) is 23.7 Å². The number of aromatic nitrogens is 1. The Morgan fingerprint density at radius 1 is 1.75 bits per heavy atom. The van der Waals surface area contributed by atoms with E-state index < -0.39 is 0 Å². The lowest BCUT2D eigenvalue weighted by Gasteiger charge is -2.10. The fourth-order valence-corrected chi connectivity index (χ4v) is 1.18. The molecule has 2 N–H and O–H groups in total. The molecule has 0 radical (unpaired) electrons. The molecular formula is C10H14N2. The monoisotopic (exact) mass is 162 g/mol. The van der Waals surface area contributed by atoms with Gasteiger partial charge in [0.2, 0.25) is 0 Å². The van der Waals surface area contributed by atoms with E-state index in [1.165, 1.54) is 0 Å². The van der Waals surface area contributed by atoms with Crippen molar-refractivity contribution in [1.82, 2.24) is 4.98 Å². The summed E-state index contributed by atoms with van der Waals surface area (Å²) in [5, 5.41) is 0. The maximum absolute atomic E-state index is 5.87. The van der Waals surface area contributed by atoms with Crippen molar-refractivity contribution in [1.29, 1.82) is 0 Å². The molecule has 0 saturated carbocycles. The second-order valence-corrected chi connectivity index (χ2v) is 2.84. The van der Waals surface area contributed by atoms with Crippen LogP contribution in [0.4, 0.5) is 0 Å². The summed E-state index contributed by atoms with van der Waals surface area (Å²) in [5.74, 6) is 0. The standard InChI is InChI=1S/C10H14N2/c1-3-5-9(11)10-8(2)6-4-7-12-10/h3-4,6-7,9H,1,5,11H2,2H3/t9-/m0/s1. The van der Waals surface area contributed by atoms with E-state index in [0.29, 0.717) is 0 Å². The molecule has 1 rings (SSSR count).